The molecule has 3 aromatic rings. The third kappa shape index (κ3) is 3.20. The van der Waals surface area contributed by atoms with E-state index >= 15 is 0 Å². The van der Waals surface area contributed by atoms with Gasteiger partial charge in [-0.2, -0.15) is 5.26 Å². The molecule has 0 radical (unpaired) electrons. The predicted octanol–water partition coefficient (Wildman–Crippen LogP) is 5.52. The van der Waals surface area contributed by atoms with Gasteiger partial charge in [0.25, 0.3) is 0 Å². The molecule has 1 aliphatic carbocycles. The van der Waals surface area contributed by atoms with Crippen LogP contribution in [-0.4, -0.2) is 6.79 Å². The van der Waals surface area contributed by atoms with E-state index in [-0.39, 0.29) is 6.79 Å². The Morgan fingerprint density at radius 2 is 1.94 bits per heavy atom. The van der Waals surface area contributed by atoms with Gasteiger partial charge in [0.2, 0.25) is 6.79 Å². The molecule has 154 valence electrons. The van der Waals surface area contributed by atoms with Crippen molar-refractivity contribution in [2.45, 2.75) is 38.5 Å². The summed E-state index contributed by atoms with van der Waals surface area (Å²) in [5, 5.41) is 13.4. The number of rotatable bonds is 2. The smallest absolute Gasteiger partial charge is 0.231 e. The van der Waals surface area contributed by atoms with E-state index in [0.717, 1.165) is 56.7 Å². The Balaban J connectivity index is 1.64. The van der Waals surface area contributed by atoms with Crippen molar-refractivity contribution in [1.29, 1.82) is 5.26 Å². The first-order valence-electron chi connectivity index (χ1n) is 10.6. The topological polar surface area (TPSA) is 54.6 Å². The minimum Gasteiger partial charge on any atom is -0.454 e. The molecule has 0 saturated carbocycles. The van der Waals surface area contributed by atoms with Crippen molar-refractivity contribution in [1.82, 2.24) is 0 Å². The molecule has 0 atom stereocenters. The summed E-state index contributed by atoms with van der Waals surface area (Å²) in [5.41, 5.74) is 5.66. The summed E-state index contributed by atoms with van der Waals surface area (Å²) < 4.78 is 12.0. The molecule has 0 spiro atoms. The average Bonchev–Trinajstić information content (AvgIpc) is 3.49. The summed E-state index contributed by atoms with van der Waals surface area (Å²) in [6, 6.07) is 12.7. The number of nitriles is 1. The lowest BCUT2D eigenvalue weighted by atomic mass is 9.96. The van der Waals surface area contributed by atoms with Crippen LogP contribution in [0, 0.1) is 11.3 Å². The zero-order chi connectivity index (χ0) is 20.8. The zero-order valence-corrected chi connectivity index (χ0v) is 18.6. The highest BCUT2D eigenvalue weighted by atomic mass is 32.1. The molecule has 0 unspecified atom stereocenters. The second-order valence-electron chi connectivity index (χ2n) is 8.02. The van der Waals surface area contributed by atoms with Gasteiger partial charge in [-0.05, 0) is 78.5 Å². The number of hydrogen-bond acceptors (Lipinski definition) is 6. The molecule has 0 bridgehead atoms. The van der Waals surface area contributed by atoms with Crippen LogP contribution in [0.3, 0.4) is 0 Å². The number of ether oxygens (including phenoxy) is 2. The second-order valence-corrected chi connectivity index (χ2v) is 9.97. The maximum Gasteiger partial charge on any atom is 0.231 e. The molecule has 0 saturated heterocycles. The van der Waals surface area contributed by atoms with Crippen LogP contribution in [-0.2, 0) is 0 Å². The van der Waals surface area contributed by atoms with Gasteiger partial charge in [0.1, 0.15) is 10.7 Å². The van der Waals surface area contributed by atoms with Gasteiger partial charge in [0.05, 0.1) is 10.4 Å². The van der Waals surface area contributed by atoms with Gasteiger partial charge in [-0.3, -0.25) is 0 Å². The van der Waals surface area contributed by atoms with Crippen LogP contribution >= 0.6 is 22.7 Å². The minimum absolute atomic E-state index is 0.243. The first-order valence-corrected chi connectivity index (χ1v) is 12.3. The number of nitrogens with zero attached hydrogens (tertiary/aromatic N) is 2. The molecular weight excluding hydrogens is 424 g/mol. The van der Waals surface area contributed by atoms with E-state index in [1.165, 1.54) is 41.0 Å². The highest BCUT2D eigenvalue weighted by Gasteiger charge is 2.24. The van der Waals surface area contributed by atoms with Crippen molar-refractivity contribution in [2.75, 3.05) is 6.79 Å². The number of benzene rings is 1. The quantitative estimate of drug-likeness (QED) is 0.523. The molecule has 3 aliphatic rings. The summed E-state index contributed by atoms with van der Waals surface area (Å²) in [4.78, 5) is 7.38. The first-order chi connectivity index (χ1) is 15.3. The highest BCUT2D eigenvalue weighted by molar-refractivity contribution is 7.13. The van der Waals surface area contributed by atoms with Gasteiger partial charge < -0.3 is 9.47 Å². The summed E-state index contributed by atoms with van der Waals surface area (Å²) in [5.74, 6) is 1.49. The summed E-state index contributed by atoms with van der Waals surface area (Å²) in [6.07, 6.45) is 6.72. The van der Waals surface area contributed by atoms with Gasteiger partial charge in [0.15, 0.2) is 11.5 Å². The SMILES string of the molecule is N#Cc1c(-c2ccc3c(c2)OCO3)sc2c1=C(c1cccs1)CC1=C(CCCCC1)N=2. The predicted molar refractivity (Wildman–Crippen MR) is 123 cm³/mol. The minimum atomic E-state index is 0.243. The first kappa shape index (κ1) is 18.9. The number of hydrogen-bond donors (Lipinski definition) is 0. The number of thiophene rings is 2. The summed E-state index contributed by atoms with van der Waals surface area (Å²) in [7, 11) is 0. The fourth-order valence-corrected chi connectivity index (χ4v) is 6.61. The fraction of sp³-hybridized carbons (Fsp3) is 0.280. The molecular formula is C25H20N2O2S2. The lowest BCUT2D eigenvalue weighted by molar-refractivity contribution is 0.174. The Hall–Kier alpha value is -2.88. The van der Waals surface area contributed by atoms with Gasteiger partial charge >= 0.3 is 0 Å². The number of allylic oxidation sites excluding steroid dienone is 2. The molecule has 4 nitrogen and oxygen atoms in total. The second kappa shape index (κ2) is 7.67. The van der Waals surface area contributed by atoms with Crippen LogP contribution in [0.15, 0.2) is 52.0 Å². The van der Waals surface area contributed by atoms with Crippen molar-refractivity contribution in [2.24, 2.45) is 4.99 Å². The van der Waals surface area contributed by atoms with E-state index in [2.05, 4.69) is 23.6 Å². The highest BCUT2D eigenvalue weighted by Crippen LogP contribution is 2.39. The van der Waals surface area contributed by atoms with E-state index in [0.29, 0.717) is 0 Å². The molecule has 31 heavy (non-hydrogen) atoms. The summed E-state index contributed by atoms with van der Waals surface area (Å²) in [6.45, 7) is 0.243. The largest absolute Gasteiger partial charge is 0.454 e. The lowest BCUT2D eigenvalue weighted by Crippen LogP contribution is -2.24. The van der Waals surface area contributed by atoms with Crippen LogP contribution in [0.1, 0.15) is 49.0 Å². The van der Waals surface area contributed by atoms with Gasteiger partial charge in [-0.25, -0.2) is 4.99 Å². The Morgan fingerprint density at radius 1 is 1.03 bits per heavy atom. The Bertz CT molecular complexity index is 1370. The van der Waals surface area contributed by atoms with Crippen LogP contribution in [0.2, 0.25) is 0 Å². The third-order valence-corrected chi connectivity index (χ3v) is 8.25. The normalized spacial score (nSPS) is 17.3. The van der Waals surface area contributed by atoms with Crippen LogP contribution in [0.5, 0.6) is 11.5 Å². The standard InChI is InChI=1S/C25H20N2O2S2/c26-13-18-23-17(22-7-4-10-30-22)11-15-5-2-1-3-6-19(15)27-25(23)31-24(18)16-8-9-20-21(12-16)29-14-28-20/h4,7-10,12H,1-3,5-6,11,14H2. The zero-order valence-electron chi connectivity index (χ0n) is 16.9. The Morgan fingerprint density at radius 3 is 2.81 bits per heavy atom. The molecule has 6 heteroatoms. The molecule has 2 aromatic heterocycles. The van der Waals surface area contributed by atoms with Crippen molar-refractivity contribution in [3.8, 4) is 28.0 Å². The van der Waals surface area contributed by atoms with Gasteiger partial charge in [0, 0.05) is 15.8 Å². The van der Waals surface area contributed by atoms with E-state index in [4.69, 9.17) is 14.5 Å². The van der Waals surface area contributed by atoms with E-state index < -0.39 is 0 Å². The molecule has 6 rings (SSSR count). The van der Waals surface area contributed by atoms with Crippen LogP contribution < -0.4 is 19.4 Å². The molecule has 0 fully saturated rings. The fourth-order valence-electron chi connectivity index (χ4n) is 4.66. The van der Waals surface area contributed by atoms with Crippen molar-refractivity contribution >= 4 is 28.2 Å². The molecule has 4 heterocycles. The lowest BCUT2D eigenvalue weighted by Gasteiger charge is -2.10. The Kier molecular flexibility index (Phi) is 4.66. The van der Waals surface area contributed by atoms with Crippen molar-refractivity contribution in [3.63, 3.8) is 0 Å². The maximum atomic E-state index is 10.3. The molecule has 0 amide bonds. The molecule has 0 N–H and O–H groups in total. The Labute approximate surface area is 188 Å². The van der Waals surface area contributed by atoms with Crippen LogP contribution in [0.25, 0.3) is 16.0 Å². The van der Waals surface area contributed by atoms with Gasteiger partial charge in [-0.15, -0.1) is 22.7 Å². The average molecular weight is 445 g/mol. The van der Waals surface area contributed by atoms with Crippen LogP contribution in [0.4, 0.5) is 0 Å². The van der Waals surface area contributed by atoms with E-state index in [1.807, 2.05) is 18.2 Å². The molecule has 2 aliphatic heterocycles. The van der Waals surface area contributed by atoms with Crippen molar-refractivity contribution in [3.05, 3.63) is 67.3 Å². The monoisotopic (exact) mass is 444 g/mol. The van der Waals surface area contributed by atoms with Gasteiger partial charge in [-0.1, -0.05) is 12.5 Å². The molecule has 1 aromatic carbocycles. The summed E-state index contributed by atoms with van der Waals surface area (Å²) >= 11 is 3.37. The van der Waals surface area contributed by atoms with Crippen molar-refractivity contribution < 1.29 is 9.47 Å². The van der Waals surface area contributed by atoms with E-state index in [9.17, 15) is 5.26 Å². The third-order valence-electron chi connectivity index (χ3n) is 6.18. The number of fused-ring (bicyclic) bond motifs is 2. The maximum absolute atomic E-state index is 10.3. The van der Waals surface area contributed by atoms with E-state index in [1.54, 1.807) is 22.7 Å².